The predicted octanol–water partition coefficient (Wildman–Crippen LogP) is 2.87. The summed E-state index contributed by atoms with van der Waals surface area (Å²) in [5, 5.41) is 6.06. The molecule has 0 radical (unpaired) electrons. The number of anilines is 1. The van der Waals surface area contributed by atoms with Gasteiger partial charge >= 0.3 is 0 Å². The number of rotatable bonds is 10. The second kappa shape index (κ2) is 10.2. The summed E-state index contributed by atoms with van der Waals surface area (Å²) >= 11 is 0. The molecule has 2 aromatic heterocycles. The molecule has 1 saturated heterocycles. The smallest absolute Gasteiger partial charge is 0.251 e. The summed E-state index contributed by atoms with van der Waals surface area (Å²) in [7, 11) is -3.68. The molecule has 4 rings (SSSR count). The molecule has 0 spiro atoms. The SMILES string of the molecule is CCc1ccc(CNc2cc(C(=O)NCCn3ccnc3)cc(S(=O)(=O)N3CCCC3)c2)o1. The zero-order chi connectivity index (χ0) is 23.3. The minimum Gasteiger partial charge on any atom is -0.464 e. The summed E-state index contributed by atoms with van der Waals surface area (Å²) < 4.78 is 35.4. The van der Waals surface area contributed by atoms with E-state index in [1.165, 1.54) is 10.4 Å². The first-order valence-corrected chi connectivity index (χ1v) is 12.6. The molecule has 3 aromatic rings. The summed E-state index contributed by atoms with van der Waals surface area (Å²) in [6.45, 7) is 4.36. The Morgan fingerprint density at radius 2 is 1.94 bits per heavy atom. The fourth-order valence-electron chi connectivity index (χ4n) is 3.77. The molecule has 3 heterocycles. The fourth-order valence-corrected chi connectivity index (χ4v) is 5.36. The summed E-state index contributed by atoms with van der Waals surface area (Å²) in [5.41, 5.74) is 0.835. The molecule has 1 aliphatic rings. The van der Waals surface area contributed by atoms with E-state index >= 15 is 0 Å². The highest BCUT2D eigenvalue weighted by atomic mass is 32.2. The third-order valence-electron chi connectivity index (χ3n) is 5.62. The maximum absolute atomic E-state index is 13.2. The first kappa shape index (κ1) is 23.1. The van der Waals surface area contributed by atoms with Crippen LogP contribution in [0.3, 0.4) is 0 Å². The van der Waals surface area contributed by atoms with Crippen molar-refractivity contribution in [2.24, 2.45) is 0 Å². The van der Waals surface area contributed by atoms with Crippen LogP contribution in [0, 0.1) is 0 Å². The molecular formula is C23H29N5O4S. The molecule has 1 fully saturated rings. The molecule has 0 bridgehead atoms. The van der Waals surface area contributed by atoms with Crippen LogP contribution in [0.15, 0.2) is 58.4 Å². The van der Waals surface area contributed by atoms with Crippen molar-refractivity contribution in [3.8, 4) is 0 Å². The number of furan rings is 1. The second-order valence-electron chi connectivity index (χ2n) is 7.99. The third-order valence-corrected chi connectivity index (χ3v) is 7.50. The fraction of sp³-hybridized carbons (Fsp3) is 0.391. The molecule has 1 aliphatic heterocycles. The Kier molecular flexibility index (Phi) is 7.14. The highest BCUT2D eigenvalue weighted by Crippen LogP contribution is 2.25. The summed E-state index contributed by atoms with van der Waals surface area (Å²) in [5.74, 6) is 1.30. The van der Waals surface area contributed by atoms with E-state index in [-0.39, 0.29) is 16.4 Å². The monoisotopic (exact) mass is 471 g/mol. The van der Waals surface area contributed by atoms with Gasteiger partial charge in [0.15, 0.2) is 0 Å². The molecule has 9 nitrogen and oxygen atoms in total. The summed E-state index contributed by atoms with van der Waals surface area (Å²) in [6, 6.07) is 8.51. The maximum atomic E-state index is 13.2. The number of sulfonamides is 1. The van der Waals surface area contributed by atoms with Gasteiger partial charge in [-0.2, -0.15) is 4.31 Å². The molecule has 176 valence electrons. The first-order chi connectivity index (χ1) is 16.0. The van der Waals surface area contributed by atoms with Crippen molar-refractivity contribution in [3.63, 3.8) is 0 Å². The van der Waals surface area contributed by atoms with Crippen LogP contribution in [0.1, 0.15) is 41.6 Å². The van der Waals surface area contributed by atoms with Crippen molar-refractivity contribution in [2.75, 3.05) is 25.0 Å². The van der Waals surface area contributed by atoms with Gasteiger partial charge in [0, 0.05) is 56.2 Å². The van der Waals surface area contributed by atoms with E-state index in [2.05, 4.69) is 15.6 Å². The number of amides is 1. The average molecular weight is 472 g/mol. The Hall–Kier alpha value is -3.11. The summed E-state index contributed by atoms with van der Waals surface area (Å²) in [6.07, 6.45) is 7.65. The van der Waals surface area contributed by atoms with Gasteiger partial charge in [-0.15, -0.1) is 0 Å². The number of nitrogens with one attached hydrogen (secondary N) is 2. The lowest BCUT2D eigenvalue weighted by Crippen LogP contribution is -2.29. The van der Waals surface area contributed by atoms with E-state index in [1.807, 2.05) is 29.8 Å². The van der Waals surface area contributed by atoms with Gasteiger partial charge in [0.05, 0.1) is 17.8 Å². The van der Waals surface area contributed by atoms with Crippen molar-refractivity contribution in [1.29, 1.82) is 0 Å². The van der Waals surface area contributed by atoms with Gasteiger partial charge in [-0.1, -0.05) is 6.92 Å². The number of benzene rings is 1. The number of hydrogen-bond acceptors (Lipinski definition) is 6. The Balaban J connectivity index is 1.54. The van der Waals surface area contributed by atoms with Crippen molar-refractivity contribution < 1.29 is 17.6 Å². The number of hydrogen-bond donors (Lipinski definition) is 2. The predicted molar refractivity (Wildman–Crippen MR) is 124 cm³/mol. The van der Waals surface area contributed by atoms with Gasteiger partial charge in [0.1, 0.15) is 11.5 Å². The number of aromatic nitrogens is 2. The maximum Gasteiger partial charge on any atom is 0.251 e. The van der Waals surface area contributed by atoms with Crippen LogP contribution in [-0.4, -0.2) is 47.8 Å². The van der Waals surface area contributed by atoms with E-state index in [0.29, 0.717) is 38.4 Å². The molecule has 0 saturated carbocycles. The van der Waals surface area contributed by atoms with Crippen LogP contribution in [-0.2, 0) is 29.5 Å². The van der Waals surface area contributed by atoms with Crippen molar-refractivity contribution >= 4 is 21.6 Å². The van der Waals surface area contributed by atoms with Crippen LogP contribution in [0.4, 0.5) is 5.69 Å². The standard InChI is InChI=1S/C23H29N5O4S/c1-2-20-5-6-21(32-20)16-26-19-13-18(23(29)25-8-12-27-11-7-24-17-27)14-22(15-19)33(30,31)28-9-3-4-10-28/h5-7,11,13-15,17,26H,2-4,8-10,12,16H2,1H3,(H,25,29). The Bertz CT molecular complexity index is 1180. The van der Waals surface area contributed by atoms with Crippen LogP contribution < -0.4 is 10.6 Å². The topological polar surface area (TPSA) is 109 Å². The van der Waals surface area contributed by atoms with E-state index < -0.39 is 10.0 Å². The van der Waals surface area contributed by atoms with Crippen LogP contribution in [0.2, 0.25) is 0 Å². The Morgan fingerprint density at radius 1 is 1.15 bits per heavy atom. The Morgan fingerprint density at radius 3 is 2.64 bits per heavy atom. The highest BCUT2D eigenvalue weighted by Gasteiger charge is 2.28. The molecule has 0 unspecified atom stereocenters. The van der Waals surface area contributed by atoms with E-state index in [9.17, 15) is 13.2 Å². The lowest BCUT2D eigenvalue weighted by atomic mass is 10.2. The van der Waals surface area contributed by atoms with Crippen LogP contribution >= 0.6 is 0 Å². The zero-order valence-electron chi connectivity index (χ0n) is 18.7. The van der Waals surface area contributed by atoms with Gasteiger partial charge in [0.2, 0.25) is 10.0 Å². The second-order valence-corrected chi connectivity index (χ2v) is 9.93. The lowest BCUT2D eigenvalue weighted by Gasteiger charge is -2.17. The van der Waals surface area contributed by atoms with Gasteiger partial charge < -0.3 is 19.6 Å². The molecule has 10 heteroatoms. The van der Waals surface area contributed by atoms with E-state index in [0.717, 1.165) is 30.8 Å². The number of carbonyl (C=O) groups is 1. The molecule has 2 N–H and O–H groups in total. The van der Waals surface area contributed by atoms with Crippen molar-refractivity contribution in [3.05, 3.63) is 66.1 Å². The molecule has 33 heavy (non-hydrogen) atoms. The van der Waals surface area contributed by atoms with Gasteiger partial charge in [0.25, 0.3) is 5.91 Å². The van der Waals surface area contributed by atoms with E-state index in [4.69, 9.17) is 4.42 Å². The van der Waals surface area contributed by atoms with E-state index in [1.54, 1.807) is 24.7 Å². The van der Waals surface area contributed by atoms with Gasteiger partial charge in [-0.3, -0.25) is 4.79 Å². The molecule has 1 aromatic carbocycles. The first-order valence-electron chi connectivity index (χ1n) is 11.2. The molecule has 1 amide bonds. The third kappa shape index (κ3) is 5.63. The zero-order valence-corrected chi connectivity index (χ0v) is 19.5. The molecular weight excluding hydrogens is 442 g/mol. The number of aryl methyl sites for hydroxylation is 1. The number of carbonyl (C=O) groups excluding carboxylic acids is 1. The normalized spacial score (nSPS) is 14.5. The van der Waals surface area contributed by atoms with Crippen molar-refractivity contribution in [2.45, 2.75) is 44.2 Å². The summed E-state index contributed by atoms with van der Waals surface area (Å²) in [4.78, 5) is 16.9. The lowest BCUT2D eigenvalue weighted by molar-refractivity contribution is 0.0952. The minimum absolute atomic E-state index is 0.114. The minimum atomic E-state index is -3.68. The van der Waals surface area contributed by atoms with Crippen molar-refractivity contribution in [1.82, 2.24) is 19.2 Å². The average Bonchev–Trinajstić information content (AvgIpc) is 3.60. The highest BCUT2D eigenvalue weighted by molar-refractivity contribution is 7.89. The van der Waals surface area contributed by atoms with Gasteiger partial charge in [-0.25, -0.2) is 13.4 Å². The Labute approximate surface area is 193 Å². The number of imidazole rings is 1. The van der Waals surface area contributed by atoms with Gasteiger partial charge in [-0.05, 0) is 43.2 Å². The molecule has 0 atom stereocenters. The quantitative estimate of drug-likeness (QED) is 0.471. The largest absolute Gasteiger partial charge is 0.464 e. The van der Waals surface area contributed by atoms with Crippen LogP contribution in [0.25, 0.3) is 0 Å². The molecule has 0 aliphatic carbocycles. The number of nitrogens with zero attached hydrogens (tertiary/aromatic N) is 3. The van der Waals surface area contributed by atoms with Crippen LogP contribution in [0.5, 0.6) is 0 Å².